The van der Waals surface area contributed by atoms with Crippen molar-refractivity contribution >= 4 is 26.5 Å². The van der Waals surface area contributed by atoms with E-state index in [-0.39, 0.29) is 22.9 Å². The molecule has 1 N–H and O–H groups in total. The van der Waals surface area contributed by atoms with E-state index in [0.29, 0.717) is 17.5 Å². The van der Waals surface area contributed by atoms with E-state index in [1.54, 1.807) is 43.6 Å². The molecular weight excluding hydrogens is 452 g/mol. The topological polar surface area (TPSA) is 94.5 Å². The van der Waals surface area contributed by atoms with Gasteiger partial charge in [-0.05, 0) is 59.0 Å². The highest BCUT2D eigenvalue weighted by atomic mass is 32.2. The van der Waals surface area contributed by atoms with Crippen LogP contribution in [0, 0.1) is 0 Å². The lowest BCUT2D eigenvalue weighted by Crippen LogP contribution is -2.24. The molecule has 8 heteroatoms. The highest BCUT2D eigenvalue weighted by Crippen LogP contribution is 2.15. The molecule has 1 aromatic heterocycles. The van der Waals surface area contributed by atoms with Crippen molar-refractivity contribution in [2.24, 2.45) is 0 Å². The van der Waals surface area contributed by atoms with Gasteiger partial charge in [0.25, 0.3) is 11.5 Å². The van der Waals surface area contributed by atoms with Crippen LogP contribution in [-0.2, 0) is 22.9 Å². The summed E-state index contributed by atoms with van der Waals surface area (Å²) >= 11 is 0. The summed E-state index contributed by atoms with van der Waals surface area (Å²) in [5.41, 5.74) is 1.89. The standard InChI is InChI=1S/C26H24N2O5S/c1-33-22-9-3-18(4-10-22)16-27-25(29)21-8-7-20-13-14-28(26(30)24(20)15-21)17-19-5-11-23(12-6-19)34(2,31)32/h3-15H,16-17H2,1-2H3,(H,27,29). The number of benzene rings is 3. The van der Waals surface area contributed by atoms with Crippen molar-refractivity contribution in [3.8, 4) is 5.75 Å². The van der Waals surface area contributed by atoms with Crippen molar-refractivity contribution in [3.05, 3.63) is 106 Å². The van der Waals surface area contributed by atoms with Crippen molar-refractivity contribution in [3.63, 3.8) is 0 Å². The smallest absolute Gasteiger partial charge is 0.258 e. The lowest BCUT2D eigenvalue weighted by molar-refractivity contribution is 0.0951. The minimum absolute atomic E-state index is 0.227. The van der Waals surface area contributed by atoms with E-state index >= 15 is 0 Å². The zero-order valence-corrected chi connectivity index (χ0v) is 19.6. The van der Waals surface area contributed by atoms with Crippen molar-refractivity contribution in [1.29, 1.82) is 0 Å². The fourth-order valence-corrected chi connectivity index (χ4v) is 4.24. The second-order valence-electron chi connectivity index (χ2n) is 8.00. The molecule has 4 aromatic rings. The highest BCUT2D eigenvalue weighted by Gasteiger charge is 2.11. The average Bonchev–Trinajstić information content (AvgIpc) is 2.84. The van der Waals surface area contributed by atoms with Gasteiger partial charge in [0.1, 0.15) is 5.75 Å². The Morgan fingerprint density at radius 1 is 0.941 bits per heavy atom. The summed E-state index contributed by atoms with van der Waals surface area (Å²) in [6.45, 7) is 0.635. The molecule has 4 rings (SSSR count). The van der Waals surface area contributed by atoms with E-state index in [0.717, 1.165) is 28.5 Å². The van der Waals surface area contributed by atoms with Crippen molar-refractivity contribution in [2.75, 3.05) is 13.4 Å². The zero-order valence-electron chi connectivity index (χ0n) is 18.8. The molecule has 3 aromatic carbocycles. The molecule has 1 amide bonds. The summed E-state index contributed by atoms with van der Waals surface area (Å²) in [4.78, 5) is 26.0. The number of pyridine rings is 1. The van der Waals surface area contributed by atoms with Gasteiger partial charge in [-0.25, -0.2) is 8.42 Å². The third-order valence-corrected chi connectivity index (χ3v) is 6.69. The van der Waals surface area contributed by atoms with Gasteiger partial charge in [0.15, 0.2) is 9.84 Å². The largest absolute Gasteiger partial charge is 0.497 e. The van der Waals surface area contributed by atoms with E-state index in [4.69, 9.17) is 4.74 Å². The normalized spacial score (nSPS) is 11.4. The summed E-state index contributed by atoms with van der Waals surface area (Å²) in [5.74, 6) is 0.469. The Morgan fingerprint density at radius 2 is 1.62 bits per heavy atom. The molecule has 0 atom stereocenters. The van der Waals surface area contributed by atoms with Crippen LogP contribution < -0.4 is 15.6 Å². The molecule has 0 aliphatic carbocycles. The highest BCUT2D eigenvalue weighted by molar-refractivity contribution is 7.90. The van der Waals surface area contributed by atoms with Gasteiger partial charge >= 0.3 is 0 Å². The molecule has 34 heavy (non-hydrogen) atoms. The molecule has 0 bridgehead atoms. The second-order valence-corrected chi connectivity index (χ2v) is 10.0. The molecule has 0 radical (unpaired) electrons. The van der Waals surface area contributed by atoms with Gasteiger partial charge in [-0.1, -0.05) is 30.3 Å². The maximum atomic E-state index is 13.1. The Balaban J connectivity index is 1.53. The van der Waals surface area contributed by atoms with Crippen molar-refractivity contribution in [1.82, 2.24) is 9.88 Å². The fourth-order valence-electron chi connectivity index (χ4n) is 3.61. The number of amides is 1. The third-order valence-electron chi connectivity index (χ3n) is 5.56. The van der Waals surface area contributed by atoms with Crippen LogP contribution in [0.15, 0.2) is 88.7 Å². The predicted molar refractivity (Wildman–Crippen MR) is 131 cm³/mol. The molecule has 174 valence electrons. The van der Waals surface area contributed by atoms with Crippen molar-refractivity contribution < 1.29 is 17.9 Å². The lowest BCUT2D eigenvalue weighted by Gasteiger charge is -2.10. The number of fused-ring (bicyclic) bond motifs is 1. The number of carbonyl (C=O) groups excluding carboxylic acids is 1. The summed E-state index contributed by atoms with van der Waals surface area (Å²) in [6.07, 6.45) is 2.85. The van der Waals surface area contributed by atoms with Crippen molar-refractivity contribution in [2.45, 2.75) is 18.0 Å². The number of rotatable bonds is 7. The molecule has 1 heterocycles. The SMILES string of the molecule is COc1ccc(CNC(=O)c2ccc3ccn(Cc4ccc(S(C)(=O)=O)cc4)c(=O)c3c2)cc1. The van der Waals surface area contributed by atoms with E-state index < -0.39 is 9.84 Å². The quantitative estimate of drug-likeness (QED) is 0.441. The Bertz CT molecular complexity index is 1510. The van der Waals surface area contributed by atoms with E-state index in [2.05, 4.69) is 5.32 Å². The summed E-state index contributed by atoms with van der Waals surface area (Å²) < 4.78 is 30.0. The molecular formula is C26H24N2O5S. The minimum Gasteiger partial charge on any atom is -0.497 e. The first kappa shape index (κ1) is 23.3. The number of carbonyl (C=O) groups is 1. The predicted octanol–water partition coefficient (Wildman–Crippen LogP) is 3.39. The molecule has 7 nitrogen and oxygen atoms in total. The first-order valence-corrected chi connectivity index (χ1v) is 12.5. The van der Waals surface area contributed by atoms with Crippen LogP contribution in [0.3, 0.4) is 0 Å². The van der Waals surface area contributed by atoms with Crippen LogP contribution in [0.2, 0.25) is 0 Å². The molecule has 0 aliphatic heterocycles. The van der Waals surface area contributed by atoms with Gasteiger partial charge in [-0.15, -0.1) is 0 Å². The Labute approximate surface area is 197 Å². The number of sulfone groups is 1. The second kappa shape index (κ2) is 9.52. The molecule has 0 fully saturated rings. The number of ether oxygens (including phenoxy) is 1. The summed E-state index contributed by atoms with van der Waals surface area (Å²) in [6, 6.07) is 20.7. The van der Waals surface area contributed by atoms with Crippen LogP contribution in [0.1, 0.15) is 21.5 Å². The minimum atomic E-state index is -3.28. The molecule has 0 saturated heterocycles. The Hall–Kier alpha value is -3.91. The van der Waals surface area contributed by atoms with E-state index in [9.17, 15) is 18.0 Å². The van der Waals surface area contributed by atoms with Gasteiger partial charge in [0.05, 0.1) is 18.6 Å². The monoisotopic (exact) mass is 476 g/mol. The average molecular weight is 477 g/mol. The van der Waals surface area contributed by atoms with Gasteiger partial charge in [0, 0.05) is 29.9 Å². The molecule has 0 saturated carbocycles. The third kappa shape index (κ3) is 5.18. The summed E-state index contributed by atoms with van der Waals surface area (Å²) in [5, 5.41) is 4.04. The first-order chi connectivity index (χ1) is 16.2. The maximum absolute atomic E-state index is 13.1. The van der Waals surface area contributed by atoms with Gasteiger partial charge in [0.2, 0.25) is 0 Å². The van der Waals surface area contributed by atoms with Crippen LogP contribution in [0.4, 0.5) is 0 Å². The van der Waals surface area contributed by atoms with Crippen LogP contribution >= 0.6 is 0 Å². The molecule has 0 unspecified atom stereocenters. The van der Waals surface area contributed by atoms with E-state index in [1.807, 2.05) is 30.3 Å². The van der Waals surface area contributed by atoms with E-state index in [1.165, 1.54) is 16.7 Å². The molecule has 0 aliphatic rings. The van der Waals surface area contributed by atoms with Gasteiger partial charge in [-0.3, -0.25) is 9.59 Å². The lowest BCUT2D eigenvalue weighted by atomic mass is 10.1. The zero-order chi connectivity index (χ0) is 24.3. The Kier molecular flexibility index (Phi) is 6.51. The number of nitrogens with one attached hydrogen (secondary N) is 1. The van der Waals surface area contributed by atoms with Gasteiger partial charge < -0.3 is 14.6 Å². The van der Waals surface area contributed by atoms with Crippen LogP contribution in [0.25, 0.3) is 10.8 Å². The Morgan fingerprint density at radius 3 is 2.26 bits per heavy atom. The fraction of sp³-hybridized carbons (Fsp3) is 0.154. The maximum Gasteiger partial charge on any atom is 0.258 e. The van der Waals surface area contributed by atoms with Gasteiger partial charge in [-0.2, -0.15) is 0 Å². The molecule has 0 spiro atoms. The van der Waals surface area contributed by atoms with Crippen LogP contribution in [-0.4, -0.2) is 32.3 Å². The number of hydrogen-bond acceptors (Lipinski definition) is 5. The number of hydrogen-bond donors (Lipinski definition) is 1. The van der Waals surface area contributed by atoms with Crippen LogP contribution in [0.5, 0.6) is 5.75 Å². The number of nitrogens with zero attached hydrogens (tertiary/aromatic N) is 1. The first-order valence-electron chi connectivity index (χ1n) is 10.6. The number of methoxy groups -OCH3 is 1. The summed E-state index contributed by atoms with van der Waals surface area (Å²) in [7, 11) is -1.68. The number of aromatic nitrogens is 1.